The van der Waals surface area contributed by atoms with Gasteiger partial charge in [0.1, 0.15) is 5.75 Å². The molecule has 1 aliphatic rings. The number of nitrogens with one attached hydrogen (secondary N) is 1. The molecule has 1 aromatic carbocycles. The average molecular weight is 270 g/mol. The number of halogens is 1. The van der Waals surface area contributed by atoms with Gasteiger partial charge in [-0.25, -0.2) is 0 Å². The predicted octanol–water partition coefficient (Wildman–Crippen LogP) is 2.40. The van der Waals surface area contributed by atoms with E-state index in [9.17, 15) is 9.90 Å². The van der Waals surface area contributed by atoms with E-state index in [2.05, 4.69) is 5.32 Å². The smallest absolute Gasteiger partial charge is 0.307 e. The van der Waals surface area contributed by atoms with Crippen LogP contribution in [0.15, 0.2) is 6.07 Å². The van der Waals surface area contributed by atoms with E-state index >= 15 is 0 Å². The first-order chi connectivity index (χ1) is 8.41. The van der Waals surface area contributed by atoms with Crippen molar-refractivity contribution in [1.29, 1.82) is 0 Å². The quantitative estimate of drug-likeness (QED) is 0.771. The van der Waals surface area contributed by atoms with Crippen LogP contribution in [0.2, 0.25) is 5.02 Å². The van der Waals surface area contributed by atoms with Crippen LogP contribution in [0.25, 0.3) is 0 Å². The summed E-state index contributed by atoms with van der Waals surface area (Å²) < 4.78 is 0. The van der Waals surface area contributed by atoms with Gasteiger partial charge in [0.2, 0.25) is 0 Å². The Kier molecular flexibility index (Phi) is 3.50. The number of aliphatic carboxylic acids is 1. The van der Waals surface area contributed by atoms with Crippen LogP contribution < -0.4 is 5.32 Å². The van der Waals surface area contributed by atoms with Crippen molar-refractivity contribution >= 4 is 17.6 Å². The van der Waals surface area contributed by atoms with Crippen LogP contribution in [0.4, 0.5) is 0 Å². The van der Waals surface area contributed by atoms with Gasteiger partial charge in [-0.3, -0.25) is 4.79 Å². The zero-order valence-corrected chi connectivity index (χ0v) is 11.1. The zero-order chi connectivity index (χ0) is 13.4. The van der Waals surface area contributed by atoms with E-state index in [-0.39, 0.29) is 11.8 Å². The lowest BCUT2D eigenvalue weighted by atomic mass is 9.94. The minimum Gasteiger partial charge on any atom is -0.506 e. The molecule has 1 aliphatic heterocycles. The predicted molar refractivity (Wildman–Crippen MR) is 69.1 cm³/mol. The molecule has 98 valence electrons. The Bertz CT molecular complexity index is 501. The Balaban J connectivity index is 2.36. The topological polar surface area (TPSA) is 69.6 Å². The second kappa shape index (κ2) is 4.78. The maximum absolute atomic E-state index is 10.9. The lowest BCUT2D eigenvalue weighted by molar-refractivity contribution is -0.141. The highest BCUT2D eigenvalue weighted by Crippen LogP contribution is 2.40. The Morgan fingerprint density at radius 1 is 1.44 bits per heavy atom. The Labute approximate surface area is 111 Å². The normalized spacial score (nSPS) is 23.3. The summed E-state index contributed by atoms with van der Waals surface area (Å²) in [5, 5.41) is 22.6. The molecule has 18 heavy (non-hydrogen) atoms. The number of rotatable bonds is 2. The highest BCUT2D eigenvalue weighted by atomic mass is 35.5. The van der Waals surface area contributed by atoms with E-state index in [1.807, 2.05) is 19.9 Å². The second-order valence-corrected chi connectivity index (χ2v) is 5.20. The van der Waals surface area contributed by atoms with E-state index in [0.29, 0.717) is 23.6 Å². The molecule has 0 aromatic heterocycles. The molecule has 3 N–H and O–H groups in total. The number of carboxylic acid groups (broad SMARTS) is 1. The average Bonchev–Trinajstić information content (AvgIpc) is 2.75. The molecule has 0 saturated carbocycles. The third-order valence-electron chi connectivity index (χ3n) is 3.50. The number of benzene rings is 1. The van der Waals surface area contributed by atoms with E-state index < -0.39 is 11.9 Å². The maximum atomic E-state index is 10.9. The van der Waals surface area contributed by atoms with Gasteiger partial charge in [0, 0.05) is 18.2 Å². The molecule has 0 bridgehead atoms. The van der Waals surface area contributed by atoms with Gasteiger partial charge in [-0.2, -0.15) is 0 Å². The molecule has 1 heterocycles. The third kappa shape index (κ3) is 2.18. The first kappa shape index (κ1) is 13.2. The van der Waals surface area contributed by atoms with Gasteiger partial charge in [-0.15, -0.1) is 0 Å². The van der Waals surface area contributed by atoms with Crippen LogP contribution in [-0.4, -0.2) is 22.7 Å². The summed E-state index contributed by atoms with van der Waals surface area (Å²) in [4.78, 5) is 10.9. The summed E-state index contributed by atoms with van der Waals surface area (Å²) >= 11 is 6.04. The largest absolute Gasteiger partial charge is 0.506 e. The molecule has 1 saturated heterocycles. The number of carbonyl (C=O) groups is 1. The summed E-state index contributed by atoms with van der Waals surface area (Å²) in [6.07, 6.45) is 0.475. The van der Waals surface area contributed by atoms with Crippen LogP contribution in [-0.2, 0) is 4.79 Å². The van der Waals surface area contributed by atoms with Crippen molar-refractivity contribution in [1.82, 2.24) is 5.32 Å². The summed E-state index contributed by atoms with van der Waals surface area (Å²) in [5.74, 6) is -1.15. The van der Waals surface area contributed by atoms with Gasteiger partial charge < -0.3 is 15.5 Å². The van der Waals surface area contributed by atoms with Crippen molar-refractivity contribution in [2.75, 3.05) is 6.54 Å². The van der Waals surface area contributed by atoms with Gasteiger partial charge in [0.15, 0.2) is 0 Å². The van der Waals surface area contributed by atoms with Crippen LogP contribution in [0, 0.1) is 19.8 Å². The fourth-order valence-electron chi connectivity index (χ4n) is 2.54. The Hall–Kier alpha value is -1.26. The van der Waals surface area contributed by atoms with Crippen LogP contribution in [0.3, 0.4) is 0 Å². The van der Waals surface area contributed by atoms with Gasteiger partial charge in [-0.1, -0.05) is 17.7 Å². The van der Waals surface area contributed by atoms with Crippen molar-refractivity contribution in [2.24, 2.45) is 5.92 Å². The number of hydrogen-bond acceptors (Lipinski definition) is 3. The standard InChI is InChI=1S/C13H16ClNO3/c1-6-3-7(2)11(14)12(16)10(6)9-4-8(5-15-9)13(17)18/h3,8-9,15-16H,4-5H2,1-2H3,(H,17,18). The number of phenols is 1. The molecule has 0 aliphatic carbocycles. The maximum Gasteiger partial charge on any atom is 0.307 e. The Morgan fingerprint density at radius 2 is 2.11 bits per heavy atom. The molecule has 2 atom stereocenters. The first-order valence-electron chi connectivity index (χ1n) is 5.86. The number of phenolic OH excluding ortho intramolecular Hbond substituents is 1. The summed E-state index contributed by atoms with van der Waals surface area (Å²) in [6.45, 7) is 4.15. The van der Waals surface area contributed by atoms with Gasteiger partial charge in [0.25, 0.3) is 0 Å². The molecule has 4 nitrogen and oxygen atoms in total. The van der Waals surface area contributed by atoms with Crippen molar-refractivity contribution in [3.05, 3.63) is 27.8 Å². The fourth-order valence-corrected chi connectivity index (χ4v) is 2.70. The van der Waals surface area contributed by atoms with Crippen LogP contribution in [0.5, 0.6) is 5.75 Å². The van der Waals surface area contributed by atoms with Crippen LogP contribution >= 0.6 is 11.6 Å². The number of hydrogen-bond donors (Lipinski definition) is 3. The molecule has 0 radical (unpaired) electrons. The van der Waals surface area contributed by atoms with Gasteiger partial charge >= 0.3 is 5.97 Å². The molecule has 2 unspecified atom stereocenters. The molecule has 1 fully saturated rings. The summed E-state index contributed by atoms with van der Waals surface area (Å²) in [5.41, 5.74) is 2.47. The highest BCUT2D eigenvalue weighted by Gasteiger charge is 2.32. The van der Waals surface area contributed by atoms with Crippen molar-refractivity contribution < 1.29 is 15.0 Å². The molecular formula is C13H16ClNO3. The van der Waals surface area contributed by atoms with E-state index in [1.165, 1.54) is 0 Å². The monoisotopic (exact) mass is 269 g/mol. The van der Waals surface area contributed by atoms with Crippen LogP contribution in [0.1, 0.15) is 29.2 Å². The lowest BCUT2D eigenvalue weighted by Crippen LogP contribution is -2.17. The third-order valence-corrected chi connectivity index (χ3v) is 3.97. The van der Waals surface area contributed by atoms with E-state index in [4.69, 9.17) is 16.7 Å². The van der Waals surface area contributed by atoms with Crippen molar-refractivity contribution in [3.8, 4) is 5.75 Å². The minimum atomic E-state index is -0.805. The van der Waals surface area contributed by atoms with E-state index in [0.717, 1.165) is 11.1 Å². The number of aromatic hydroxyl groups is 1. The number of carboxylic acids is 1. The second-order valence-electron chi connectivity index (χ2n) is 4.82. The molecule has 0 amide bonds. The first-order valence-corrected chi connectivity index (χ1v) is 6.24. The molecule has 2 rings (SSSR count). The Morgan fingerprint density at radius 3 is 2.67 bits per heavy atom. The van der Waals surface area contributed by atoms with Crippen molar-refractivity contribution in [3.63, 3.8) is 0 Å². The molecule has 5 heteroatoms. The minimum absolute atomic E-state index is 0.0673. The van der Waals surface area contributed by atoms with Crippen molar-refractivity contribution in [2.45, 2.75) is 26.3 Å². The van der Waals surface area contributed by atoms with Gasteiger partial charge in [0.05, 0.1) is 10.9 Å². The number of aryl methyl sites for hydroxylation is 2. The fraction of sp³-hybridized carbons (Fsp3) is 0.462. The lowest BCUT2D eigenvalue weighted by Gasteiger charge is -2.18. The highest BCUT2D eigenvalue weighted by molar-refractivity contribution is 6.32. The molecular weight excluding hydrogens is 254 g/mol. The molecule has 0 spiro atoms. The summed E-state index contributed by atoms with van der Waals surface area (Å²) in [7, 11) is 0. The summed E-state index contributed by atoms with van der Waals surface area (Å²) in [6, 6.07) is 1.76. The molecule has 1 aromatic rings. The SMILES string of the molecule is Cc1cc(C)c(C2CC(C(=O)O)CN2)c(O)c1Cl. The zero-order valence-electron chi connectivity index (χ0n) is 10.3. The van der Waals surface area contributed by atoms with Gasteiger partial charge in [-0.05, 0) is 31.4 Å². The van der Waals surface area contributed by atoms with E-state index in [1.54, 1.807) is 0 Å².